The topological polar surface area (TPSA) is 0 Å². The highest BCUT2D eigenvalue weighted by atomic mass is 35.5. The average molecular weight is 193 g/mol. The van der Waals surface area contributed by atoms with E-state index in [0.29, 0.717) is 0 Å². The minimum atomic E-state index is -0.448. The Bertz CT molecular complexity index is 248. The minimum Gasteiger partial charge on any atom is -0.205 e. The third kappa shape index (κ3) is 1.85. The van der Waals surface area contributed by atoms with Crippen LogP contribution in [0.15, 0.2) is 12.1 Å². The molecule has 0 unspecified atom stereocenters. The van der Waals surface area contributed by atoms with Crippen LogP contribution in [-0.4, -0.2) is 0 Å². The molecule has 0 aliphatic heterocycles. The third-order valence-corrected chi connectivity index (χ3v) is 2.23. The van der Waals surface area contributed by atoms with Gasteiger partial charge >= 0.3 is 0 Å². The van der Waals surface area contributed by atoms with E-state index < -0.39 is 5.82 Å². The van der Waals surface area contributed by atoms with Gasteiger partial charge in [0.1, 0.15) is 5.82 Å². The maximum absolute atomic E-state index is 12.8. The van der Waals surface area contributed by atoms with Crippen LogP contribution in [0.4, 0.5) is 4.39 Å². The molecule has 0 saturated carbocycles. The smallest absolute Gasteiger partial charge is 0.143 e. The van der Waals surface area contributed by atoms with E-state index in [-0.39, 0.29) is 10.0 Å². The van der Waals surface area contributed by atoms with Crippen molar-refractivity contribution in [1.82, 2.24) is 0 Å². The predicted molar refractivity (Wildman–Crippen MR) is 45.8 cm³/mol. The molecule has 0 atom stereocenters. The van der Waals surface area contributed by atoms with Crippen molar-refractivity contribution in [1.29, 1.82) is 0 Å². The van der Waals surface area contributed by atoms with E-state index in [1.54, 1.807) is 6.07 Å². The second kappa shape index (κ2) is 3.42. The summed E-state index contributed by atoms with van der Waals surface area (Å²) in [6.45, 7) is 1.93. The molecule has 0 amide bonds. The summed E-state index contributed by atoms with van der Waals surface area (Å²) in [6, 6.07) is 3.07. The summed E-state index contributed by atoms with van der Waals surface area (Å²) in [5, 5.41) is 0.285. The maximum Gasteiger partial charge on any atom is 0.143 e. The van der Waals surface area contributed by atoms with Crippen LogP contribution in [0, 0.1) is 5.82 Å². The summed E-state index contributed by atoms with van der Waals surface area (Å²) in [6.07, 6.45) is 0.758. The van der Waals surface area contributed by atoms with Crippen LogP contribution in [0.3, 0.4) is 0 Å². The van der Waals surface area contributed by atoms with E-state index in [4.69, 9.17) is 23.2 Å². The number of halogens is 3. The Hall–Kier alpha value is -0.270. The van der Waals surface area contributed by atoms with Gasteiger partial charge in [0.15, 0.2) is 0 Å². The lowest BCUT2D eigenvalue weighted by Crippen LogP contribution is -1.84. The summed E-state index contributed by atoms with van der Waals surface area (Å²) in [5.41, 5.74) is 0.858. The molecule has 60 valence electrons. The van der Waals surface area contributed by atoms with Crippen molar-refractivity contribution in [2.24, 2.45) is 0 Å². The van der Waals surface area contributed by atoms with Crippen molar-refractivity contribution in [3.05, 3.63) is 33.6 Å². The first-order valence-electron chi connectivity index (χ1n) is 3.28. The van der Waals surface area contributed by atoms with Crippen LogP contribution >= 0.6 is 23.2 Å². The molecule has 0 fully saturated rings. The van der Waals surface area contributed by atoms with Gasteiger partial charge in [-0.2, -0.15) is 0 Å². The predicted octanol–water partition coefficient (Wildman–Crippen LogP) is 3.69. The van der Waals surface area contributed by atoms with Gasteiger partial charge in [0.2, 0.25) is 0 Å². The van der Waals surface area contributed by atoms with Crippen LogP contribution in [0.25, 0.3) is 0 Å². The van der Waals surface area contributed by atoms with Crippen LogP contribution in [0.5, 0.6) is 0 Å². The van der Waals surface area contributed by atoms with Gasteiger partial charge in [-0.1, -0.05) is 30.1 Å². The molecule has 0 aliphatic rings. The first-order valence-corrected chi connectivity index (χ1v) is 4.04. The number of benzene rings is 1. The van der Waals surface area contributed by atoms with Crippen molar-refractivity contribution in [3.8, 4) is 0 Å². The second-order valence-electron chi connectivity index (χ2n) is 2.23. The highest BCUT2D eigenvalue weighted by molar-refractivity contribution is 6.42. The first kappa shape index (κ1) is 8.82. The van der Waals surface area contributed by atoms with E-state index >= 15 is 0 Å². The lowest BCUT2D eigenvalue weighted by atomic mass is 10.2. The fourth-order valence-electron chi connectivity index (χ4n) is 0.812. The van der Waals surface area contributed by atoms with Crippen molar-refractivity contribution in [2.75, 3.05) is 0 Å². The SMILES string of the molecule is CCc1cc(F)c(Cl)c(Cl)c1. The summed E-state index contributed by atoms with van der Waals surface area (Å²) in [5.74, 6) is -0.448. The Morgan fingerprint density at radius 2 is 2.00 bits per heavy atom. The number of hydrogen-bond acceptors (Lipinski definition) is 0. The fourth-order valence-corrected chi connectivity index (χ4v) is 1.15. The summed E-state index contributed by atoms with van der Waals surface area (Å²) in [7, 11) is 0. The van der Waals surface area contributed by atoms with Gasteiger partial charge in [-0.25, -0.2) is 4.39 Å². The molecule has 0 N–H and O–H groups in total. The van der Waals surface area contributed by atoms with E-state index in [2.05, 4.69) is 0 Å². The van der Waals surface area contributed by atoms with Crippen LogP contribution in [-0.2, 0) is 6.42 Å². The summed E-state index contributed by atoms with van der Waals surface area (Å²) in [4.78, 5) is 0. The van der Waals surface area contributed by atoms with Gasteiger partial charge < -0.3 is 0 Å². The highest BCUT2D eigenvalue weighted by Crippen LogP contribution is 2.26. The van der Waals surface area contributed by atoms with Gasteiger partial charge in [0.25, 0.3) is 0 Å². The van der Waals surface area contributed by atoms with Crippen LogP contribution < -0.4 is 0 Å². The van der Waals surface area contributed by atoms with Gasteiger partial charge in [0, 0.05) is 0 Å². The molecular formula is C8H7Cl2F. The Labute approximate surface area is 74.9 Å². The molecule has 1 aromatic carbocycles. The fraction of sp³-hybridized carbons (Fsp3) is 0.250. The lowest BCUT2D eigenvalue weighted by Gasteiger charge is -2.00. The quantitative estimate of drug-likeness (QED) is 0.596. The largest absolute Gasteiger partial charge is 0.205 e. The third-order valence-electron chi connectivity index (χ3n) is 1.45. The molecule has 1 aromatic rings. The highest BCUT2D eigenvalue weighted by Gasteiger charge is 2.05. The molecule has 11 heavy (non-hydrogen) atoms. The Morgan fingerprint density at radius 3 is 2.45 bits per heavy atom. The van der Waals surface area contributed by atoms with E-state index in [0.717, 1.165) is 12.0 Å². The van der Waals surface area contributed by atoms with Gasteiger partial charge in [-0.15, -0.1) is 0 Å². The number of aryl methyl sites for hydroxylation is 1. The van der Waals surface area contributed by atoms with Crippen LogP contribution in [0.1, 0.15) is 12.5 Å². The normalized spacial score (nSPS) is 10.2. The van der Waals surface area contributed by atoms with Crippen molar-refractivity contribution >= 4 is 23.2 Å². The van der Waals surface area contributed by atoms with E-state index in [9.17, 15) is 4.39 Å². The second-order valence-corrected chi connectivity index (χ2v) is 3.01. The van der Waals surface area contributed by atoms with E-state index in [1.807, 2.05) is 6.92 Å². The molecule has 0 aliphatic carbocycles. The standard InChI is InChI=1S/C8H7Cl2F/c1-2-5-3-6(9)8(10)7(11)4-5/h3-4H,2H2,1H3. The average Bonchev–Trinajstić information content (AvgIpc) is 1.99. The molecule has 0 heterocycles. The summed E-state index contributed by atoms with van der Waals surface area (Å²) < 4.78 is 12.8. The Morgan fingerprint density at radius 1 is 1.36 bits per heavy atom. The molecule has 1 rings (SSSR count). The molecular weight excluding hydrogens is 186 g/mol. The monoisotopic (exact) mass is 192 g/mol. The van der Waals surface area contributed by atoms with Gasteiger partial charge in [-0.3, -0.25) is 0 Å². The zero-order chi connectivity index (χ0) is 8.43. The first-order chi connectivity index (χ1) is 5.15. The van der Waals surface area contributed by atoms with Crippen molar-refractivity contribution in [2.45, 2.75) is 13.3 Å². The maximum atomic E-state index is 12.8. The molecule has 0 spiro atoms. The Kier molecular flexibility index (Phi) is 2.74. The number of rotatable bonds is 1. The summed E-state index contributed by atoms with van der Waals surface area (Å²) >= 11 is 11.1. The molecule has 0 nitrogen and oxygen atoms in total. The molecule has 0 aromatic heterocycles. The lowest BCUT2D eigenvalue weighted by molar-refractivity contribution is 0.626. The molecule has 0 bridgehead atoms. The zero-order valence-electron chi connectivity index (χ0n) is 6.00. The van der Waals surface area contributed by atoms with Crippen LogP contribution in [0.2, 0.25) is 10.0 Å². The van der Waals surface area contributed by atoms with Gasteiger partial charge in [-0.05, 0) is 24.1 Å². The minimum absolute atomic E-state index is 0.00358. The van der Waals surface area contributed by atoms with Crippen molar-refractivity contribution < 1.29 is 4.39 Å². The molecule has 0 radical (unpaired) electrons. The molecule has 3 heteroatoms. The van der Waals surface area contributed by atoms with Crippen molar-refractivity contribution in [3.63, 3.8) is 0 Å². The van der Waals surface area contributed by atoms with E-state index in [1.165, 1.54) is 6.07 Å². The Balaban J connectivity index is 3.21. The zero-order valence-corrected chi connectivity index (χ0v) is 7.51. The number of hydrogen-bond donors (Lipinski definition) is 0. The molecule has 0 saturated heterocycles. The van der Waals surface area contributed by atoms with Gasteiger partial charge in [0.05, 0.1) is 10.0 Å².